The van der Waals surface area contributed by atoms with Crippen LogP contribution in [0.2, 0.25) is 0 Å². The van der Waals surface area contributed by atoms with Crippen LogP contribution in [-0.4, -0.2) is 40.4 Å². The van der Waals surface area contributed by atoms with Crippen LogP contribution in [0.25, 0.3) is 0 Å². The SMILES string of the molecule is COC(=O)C1CCCN1c1c([N+](=O)[O-])c(C)nn1C(C)C. The fourth-order valence-electron chi connectivity index (χ4n) is 2.77. The number of carbonyl (C=O) groups excluding carboxylic acids is 1. The van der Waals surface area contributed by atoms with Crippen molar-refractivity contribution in [1.29, 1.82) is 0 Å². The van der Waals surface area contributed by atoms with Crippen molar-refractivity contribution in [1.82, 2.24) is 9.78 Å². The summed E-state index contributed by atoms with van der Waals surface area (Å²) in [6.45, 7) is 6.01. The molecule has 1 aromatic heterocycles. The number of aryl methyl sites for hydroxylation is 1. The predicted octanol–water partition coefficient (Wildman–Crippen LogP) is 1.82. The van der Waals surface area contributed by atoms with Crippen LogP contribution in [0, 0.1) is 17.0 Å². The van der Waals surface area contributed by atoms with E-state index >= 15 is 0 Å². The lowest BCUT2D eigenvalue weighted by Gasteiger charge is -2.25. The zero-order valence-corrected chi connectivity index (χ0v) is 12.7. The van der Waals surface area contributed by atoms with Gasteiger partial charge in [0.05, 0.1) is 12.0 Å². The smallest absolute Gasteiger partial charge is 0.333 e. The highest BCUT2D eigenvalue weighted by atomic mass is 16.6. The van der Waals surface area contributed by atoms with Gasteiger partial charge in [0.2, 0.25) is 5.82 Å². The first kappa shape index (κ1) is 15.3. The van der Waals surface area contributed by atoms with Gasteiger partial charge >= 0.3 is 11.7 Å². The van der Waals surface area contributed by atoms with Gasteiger partial charge in [-0.1, -0.05) is 0 Å². The average Bonchev–Trinajstić information content (AvgIpc) is 3.00. The van der Waals surface area contributed by atoms with Gasteiger partial charge in [-0.15, -0.1) is 0 Å². The highest BCUT2D eigenvalue weighted by Crippen LogP contribution is 2.37. The van der Waals surface area contributed by atoms with Crippen molar-refractivity contribution in [3.8, 4) is 0 Å². The van der Waals surface area contributed by atoms with E-state index in [1.54, 1.807) is 16.5 Å². The Morgan fingerprint density at radius 3 is 2.71 bits per heavy atom. The van der Waals surface area contributed by atoms with E-state index in [4.69, 9.17) is 4.74 Å². The summed E-state index contributed by atoms with van der Waals surface area (Å²) in [5.74, 6) is 0.0383. The lowest BCUT2D eigenvalue weighted by atomic mass is 10.2. The van der Waals surface area contributed by atoms with Crippen molar-refractivity contribution >= 4 is 17.5 Å². The molecule has 1 aliphatic heterocycles. The Morgan fingerprint density at radius 1 is 1.52 bits per heavy atom. The van der Waals surface area contributed by atoms with Gasteiger partial charge in [0.1, 0.15) is 11.7 Å². The molecule has 1 aromatic rings. The van der Waals surface area contributed by atoms with E-state index in [9.17, 15) is 14.9 Å². The topological polar surface area (TPSA) is 90.5 Å². The van der Waals surface area contributed by atoms with Gasteiger partial charge in [-0.3, -0.25) is 10.1 Å². The summed E-state index contributed by atoms with van der Waals surface area (Å²) in [4.78, 5) is 24.6. The number of aromatic nitrogens is 2. The van der Waals surface area contributed by atoms with Gasteiger partial charge in [-0.2, -0.15) is 5.10 Å². The second-order valence-electron chi connectivity index (χ2n) is 5.43. The third kappa shape index (κ3) is 2.57. The lowest BCUT2D eigenvalue weighted by Crippen LogP contribution is -2.38. The van der Waals surface area contributed by atoms with E-state index in [0.29, 0.717) is 24.5 Å². The number of ether oxygens (including phenoxy) is 1. The first-order valence-corrected chi connectivity index (χ1v) is 6.96. The van der Waals surface area contributed by atoms with Crippen LogP contribution in [0.4, 0.5) is 11.5 Å². The van der Waals surface area contributed by atoms with Crippen LogP contribution >= 0.6 is 0 Å². The van der Waals surface area contributed by atoms with Crippen molar-refractivity contribution in [2.75, 3.05) is 18.6 Å². The molecule has 0 amide bonds. The Balaban J connectivity index is 2.55. The molecule has 0 aromatic carbocycles. The molecular weight excluding hydrogens is 276 g/mol. The van der Waals surface area contributed by atoms with Crippen LogP contribution in [0.3, 0.4) is 0 Å². The van der Waals surface area contributed by atoms with Crippen molar-refractivity contribution in [3.05, 3.63) is 15.8 Å². The number of rotatable bonds is 4. The highest BCUT2D eigenvalue weighted by Gasteiger charge is 2.39. The fourth-order valence-corrected chi connectivity index (χ4v) is 2.77. The fraction of sp³-hybridized carbons (Fsp3) is 0.692. The summed E-state index contributed by atoms with van der Waals surface area (Å²) in [6.07, 6.45) is 1.42. The molecule has 8 nitrogen and oxygen atoms in total. The summed E-state index contributed by atoms with van der Waals surface area (Å²) in [5, 5.41) is 15.7. The third-order valence-electron chi connectivity index (χ3n) is 3.70. The maximum atomic E-state index is 11.9. The van der Waals surface area contributed by atoms with Gasteiger partial charge in [0.25, 0.3) is 0 Å². The van der Waals surface area contributed by atoms with Crippen LogP contribution in [0.15, 0.2) is 0 Å². The molecule has 8 heteroatoms. The Labute approximate surface area is 122 Å². The number of esters is 1. The van der Waals surface area contributed by atoms with Gasteiger partial charge in [-0.25, -0.2) is 9.48 Å². The number of hydrogen-bond acceptors (Lipinski definition) is 6. The zero-order chi connectivity index (χ0) is 15.7. The molecule has 1 fully saturated rings. The third-order valence-corrected chi connectivity index (χ3v) is 3.70. The monoisotopic (exact) mass is 296 g/mol. The van der Waals surface area contributed by atoms with Gasteiger partial charge in [0.15, 0.2) is 0 Å². The number of nitro groups is 1. The maximum absolute atomic E-state index is 11.9. The molecule has 0 radical (unpaired) electrons. The second-order valence-corrected chi connectivity index (χ2v) is 5.43. The molecular formula is C13H20N4O4. The van der Waals surface area contributed by atoms with Crippen LogP contribution in [-0.2, 0) is 9.53 Å². The molecule has 1 unspecified atom stereocenters. The molecule has 2 heterocycles. The molecule has 0 N–H and O–H groups in total. The van der Waals surface area contributed by atoms with Crippen LogP contribution in [0.5, 0.6) is 0 Å². The van der Waals surface area contributed by atoms with Crippen molar-refractivity contribution in [2.24, 2.45) is 0 Å². The Morgan fingerprint density at radius 2 is 2.19 bits per heavy atom. The minimum atomic E-state index is -0.484. The maximum Gasteiger partial charge on any atom is 0.333 e. The Kier molecular flexibility index (Phi) is 4.15. The predicted molar refractivity (Wildman–Crippen MR) is 76.4 cm³/mol. The zero-order valence-electron chi connectivity index (χ0n) is 12.7. The average molecular weight is 296 g/mol. The standard InChI is InChI=1S/C13H20N4O4/c1-8(2)16-12(11(17(19)20)9(3)14-16)15-7-5-6-10(15)13(18)21-4/h8,10H,5-7H2,1-4H3. The number of anilines is 1. The second kappa shape index (κ2) is 5.71. The largest absolute Gasteiger partial charge is 0.467 e. The molecule has 1 aliphatic rings. The molecule has 0 aliphatic carbocycles. The Bertz CT molecular complexity index is 567. The van der Waals surface area contributed by atoms with Gasteiger partial charge in [0, 0.05) is 12.6 Å². The minimum Gasteiger partial charge on any atom is -0.467 e. The number of hydrogen-bond donors (Lipinski definition) is 0. The molecule has 0 saturated carbocycles. The van der Waals surface area contributed by atoms with Crippen molar-refractivity contribution < 1.29 is 14.5 Å². The van der Waals surface area contributed by atoms with E-state index in [1.807, 2.05) is 13.8 Å². The molecule has 0 spiro atoms. The number of nitrogens with zero attached hydrogens (tertiary/aromatic N) is 4. The van der Waals surface area contributed by atoms with Crippen molar-refractivity contribution in [2.45, 2.75) is 45.7 Å². The first-order chi connectivity index (χ1) is 9.88. The summed E-state index contributed by atoms with van der Waals surface area (Å²) >= 11 is 0. The van der Waals surface area contributed by atoms with E-state index in [1.165, 1.54) is 7.11 Å². The summed E-state index contributed by atoms with van der Waals surface area (Å²) in [7, 11) is 1.33. The Hall–Kier alpha value is -2.12. The van der Waals surface area contributed by atoms with E-state index < -0.39 is 11.0 Å². The van der Waals surface area contributed by atoms with E-state index in [-0.39, 0.29) is 17.7 Å². The molecule has 21 heavy (non-hydrogen) atoms. The van der Waals surface area contributed by atoms with Crippen molar-refractivity contribution in [3.63, 3.8) is 0 Å². The van der Waals surface area contributed by atoms with Gasteiger partial charge in [-0.05, 0) is 33.6 Å². The van der Waals surface area contributed by atoms with Crippen LogP contribution < -0.4 is 4.90 Å². The minimum absolute atomic E-state index is 0.0282. The van der Waals surface area contributed by atoms with E-state index in [2.05, 4.69) is 5.10 Å². The quantitative estimate of drug-likeness (QED) is 0.478. The highest BCUT2D eigenvalue weighted by molar-refractivity contribution is 5.82. The first-order valence-electron chi connectivity index (χ1n) is 6.96. The van der Waals surface area contributed by atoms with Crippen LogP contribution in [0.1, 0.15) is 38.4 Å². The number of methoxy groups -OCH3 is 1. The molecule has 1 saturated heterocycles. The molecule has 116 valence electrons. The van der Waals surface area contributed by atoms with E-state index in [0.717, 1.165) is 6.42 Å². The van der Waals surface area contributed by atoms with Gasteiger partial charge < -0.3 is 9.64 Å². The summed E-state index contributed by atoms with van der Waals surface area (Å²) in [5.41, 5.74) is 0.332. The lowest BCUT2D eigenvalue weighted by molar-refractivity contribution is -0.384. The molecule has 2 rings (SSSR count). The normalized spacial score (nSPS) is 18.3. The summed E-state index contributed by atoms with van der Waals surface area (Å²) in [6, 6.07) is -0.520. The molecule has 1 atom stereocenters. The number of carbonyl (C=O) groups is 1. The molecule has 0 bridgehead atoms. The summed E-state index contributed by atoms with van der Waals surface area (Å²) < 4.78 is 6.43.